The van der Waals surface area contributed by atoms with Crippen LogP contribution >= 0.6 is 0 Å². The van der Waals surface area contributed by atoms with Gasteiger partial charge in [0, 0.05) is 20.1 Å². The maximum atomic E-state index is 5.72. The zero-order valence-corrected chi connectivity index (χ0v) is 10.7. The van der Waals surface area contributed by atoms with Crippen LogP contribution in [-0.2, 0) is 11.2 Å². The van der Waals surface area contributed by atoms with Crippen LogP contribution in [0.3, 0.4) is 0 Å². The Morgan fingerprint density at radius 3 is 2.78 bits per heavy atom. The quantitative estimate of drug-likeness (QED) is 0.848. The molecular formula is C14H18N2O2. The summed E-state index contributed by atoms with van der Waals surface area (Å²) < 4.78 is 11.2. The molecule has 0 aliphatic carbocycles. The SMILES string of the molecule is CNCCc1ncc(C(OC)c2ccccc2)o1. The van der Waals surface area contributed by atoms with E-state index in [1.54, 1.807) is 13.3 Å². The Kier molecular flexibility index (Phi) is 4.50. The largest absolute Gasteiger partial charge is 0.443 e. The van der Waals surface area contributed by atoms with Gasteiger partial charge in [0.25, 0.3) is 0 Å². The minimum atomic E-state index is -0.193. The first-order valence-corrected chi connectivity index (χ1v) is 6.02. The second-order valence-electron chi connectivity index (χ2n) is 4.04. The minimum Gasteiger partial charge on any atom is -0.443 e. The molecule has 0 bridgehead atoms. The molecule has 1 heterocycles. The average molecular weight is 246 g/mol. The van der Waals surface area contributed by atoms with Crippen LogP contribution in [0.15, 0.2) is 40.9 Å². The van der Waals surface area contributed by atoms with Crippen molar-refractivity contribution in [3.63, 3.8) is 0 Å². The third-order valence-corrected chi connectivity index (χ3v) is 2.76. The van der Waals surface area contributed by atoms with Gasteiger partial charge in [-0.15, -0.1) is 0 Å². The molecule has 96 valence electrons. The maximum absolute atomic E-state index is 5.72. The van der Waals surface area contributed by atoms with Gasteiger partial charge in [0.2, 0.25) is 0 Å². The summed E-state index contributed by atoms with van der Waals surface area (Å²) in [6, 6.07) is 9.99. The molecule has 4 nitrogen and oxygen atoms in total. The van der Waals surface area contributed by atoms with Crippen LogP contribution in [0.4, 0.5) is 0 Å². The number of nitrogens with one attached hydrogen (secondary N) is 1. The number of oxazole rings is 1. The lowest BCUT2D eigenvalue weighted by Gasteiger charge is -2.12. The van der Waals surface area contributed by atoms with Gasteiger partial charge in [-0.1, -0.05) is 30.3 Å². The molecule has 18 heavy (non-hydrogen) atoms. The molecule has 0 aliphatic rings. The Bertz CT molecular complexity index is 468. The van der Waals surface area contributed by atoms with Crippen LogP contribution in [0, 0.1) is 0 Å². The van der Waals surface area contributed by atoms with Gasteiger partial charge in [-0.25, -0.2) is 4.98 Å². The molecule has 1 aromatic heterocycles. The number of methoxy groups -OCH3 is 1. The summed E-state index contributed by atoms with van der Waals surface area (Å²) in [5, 5.41) is 3.07. The van der Waals surface area contributed by atoms with Crippen molar-refractivity contribution >= 4 is 0 Å². The highest BCUT2D eigenvalue weighted by molar-refractivity contribution is 5.23. The molecule has 0 fully saturated rings. The number of likely N-dealkylation sites (N-methyl/N-ethyl adjacent to an activating group) is 1. The standard InChI is InChI=1S/C14H18N2O2/c1-15-9-8-13-16-10-12(18-13)14(17-2)11-6-4-3-5-7-11/h3-7,10,14-15H,8-9H2,1-2H3. The predicted octanol–water partition coefficient (Wildman–Crippen LogP) is 2.17. The van der Waals surface area contributed by atoms with E-state index in [1.165, 1.54) is 0 Å². The van der Waals surface area contributed by atoms with Gasteiger partial charge in [0.15, 0.2) is 11.7 Å². The van der Waals surface area contributed by atoms with Gasteiger partial charge in [-0.2, -0.15) is 0 Å². The topological polar surface area (TPSA) is 47.3 Å². The molecule has 2 rings (SSSR count). The van der Waals surface area contributed by atoms with Crippen LogP contribution in [0.1, 0.15) is 23.3 Å². The van der Waals surface area contributed by atoms with Crippen molar-refractivity contribution in [3.05, 3.63) is 53.7 Å². The molecule has 1 unspecified atom stereocenters. The first kappa shape index (κ1) is 12.8. The van der Waals surface area contributed by atoms with Gasteiger partial charge < -0.3 is 14.5 Å². The Balaban J connectivity index is 2.15. The fourth-order valence-electron chi connectivity index (χ4n) is 1.84. The lowest BCUT2D eigenvalue weighted by atomic mass is 10.1. The molecule has 4 heteroatoms. The minimum absolute atomic E-state index is 0.193. The highest BCUT2D eigenvalue weighted by Crippen LogP contribution is 2.25. The van der Waals surface area contributed by atoms with Crippen molar-refractivity contribution in [1.82, 2.24) is 10.3 Å². The molecule has 0 radical (unpaired) electrons. The summed E-state index contributed by atoms with van der Waals surface area (Å²) in [6.07, 6.45) is 2.33. The van der Waals surface area contributed by atoms with E-state index in [2.05, 4.69) is 10.3 Å². The first-order chi connectivity index (χ1) is 8.85. The highest BCUT2D eigenvalue weighted by atomic mass is 16.5. The number of benzene rings is 1. The number of hydrogen-bond acceptors (Lipinski definition) is 4. The summed E-state index contributed by atoms with van der Waals surface area (Å²) in [4.78, 5) is 4.26. The van der Waals surface area contributed by atoms with E-state index in [1.807, 2.05) is 37.4 Å². The predicted molar refractivity (Wildman–Crippen MR) is 69.4 cm³/mol. The van der Waals surface area contributed by atoms with E-state index >= 15 is 0 Å². The van der Waals surface area contributed by atoms with E-state index in [9.17, 15) is 0 Å². The normalized spacial score (nSPS) is 12.6. The van der Waals surface area contributed by atoms with Crippen molar-refractivity contribution in [2.75, 3.05) is 20.7 Å². The zero-order chi connectivity index (χ0) is 12.8. The molecular weight excluding hydrogens is 228 g/mol. The molecule has 0 aliphatic heterocycles. The third kappa shape index (κ3) is 2.97. The van der Waals surface area contributed by atoms with Crippen LogP contribution in [0.5, 0.6) is 0 Å². The van der Waals surface area contributed by atoms with Crippen molar-refractivity contribution < 1.29 is 9.15 Å². The summed E-state index contributed by atoms with van der Waals surface area (Å²) in [6.45, 7) is 0.850. The van der Waals surface area contributed by atoms with Gasteiger partial charge >= 0.3 is 0 Å². The number of rotatable bonds is 6. The van der Waals surface area contributed by atoms with Crippen LogP contribution < -0.4 is 5.32 Å². The fraction of sp³-hybridized carbons (Fsp3) is 0.357. The number of hydrogen-bond donors (Lipinski definition) is 1. The second-order valence-corrected chi connectivity index (χ2v) is 4.04. The monoisotopic (exact) mass is 246 g/mol. The summed E-state index contributed by atoms with van der Waals surface area (Å²) in [5.41, 5.74) is 1.07. The average Bonchev–Trinajstić information content (AvgIpc) is 2.87. The van der Waals surface area contributed by atoms with Crippen molar-refractivity contribution in [2.24, 2.45) is 0 Å². The van der Waals surface area contributed by atoms with Crippen LogP contribution in [0.25, 0.3) is 0 Å². The highest BCUT2D eigenvalue weighted by Gasteiger charge is 2.17. The molecule has 1 N–H and O–H groups in total. The molecule has 0 spiro atoms. The lowest BCUT2D eigenvalue weighted by Crippen LogP contribution is -2.10. The number of ether oxygens (including phenoxy) is 1. The molecule has 1 atom stereocenters. The van der Waals surface area contributed by atoms with Crippen LogP contribution in [-0.4, -0.2) is 25.7 Å². The van der Waals surface area contributed by atoms with Crippen LogP contribution in [0.2, 0.25) is 0 Å². The van der Waals surface area contributed by atoms with E-state index in [-0.39, 0.29) is 6.10 Å². The molecule has 0 saturated carbocycles. The van der Waals surface area contributed by atoms with E-state index in [0.717, 1.165) is 30.2 Å². The summed E-state index contributed by atoms with van der Waals surface area (Å²) in [7, 11) is 3.58. The van der Waals surface area contributed by atoms with Gasteiger partial charge in [0.05, 0.1) is 6.20 Å². The van der Waals surface area contributed by atoms with Crippen molar-refractivity contribution in [1.29, 1.82) is 0 Å². The maximum Gasteiger partial charge on any atom is 0.195 e. The molecule has 1 aromatic carbocycles. The Morgan fingerprint density at radius 2 is 2.11 bits per heavy atom. The molecule has 0 amide bonds. The molecule has 2 aromatic rings. The van der Waals surface area contributed by atoms with E-state index in [4.69, 9.17) is 9.15 Å². The van der Waals surface area contributed by atoms with Gasteiger partial charge in [-0.05, 0) is 12.6 Å². The van der Waals surface area contributed by atoms with Crippen molar-refractivity contribution in [2.45, 2.75) is 12.5 Å². The van der Waals surface area contributed by atoms with Gasteiger partial charge in [-0.3, -0.25) is 0 Å². The van der Waals surface area contributed by atoms with Gasteiger partial charge in [0.1, 0.15) is 6.10 Å². The molecule has 0 saturated heterocycles. The number of nitrogens with zero attached hydrogens (tertiary/aromatic N) is 1. The summed E-state index contributed by atoms with van der Waals surface area (Å²) in [5.74, 6) is 1.48. The second kappa shape index (κ2) is 6.33. The van der Waals surface area contributed by atoms with Crippen molar-refractivity contribution in [3.8, 4) is 0 Å². The van der Waals surface area contributed by atoms with E-state index in [0.29, 0.717) is 0 Å². The smallest absolute Gasteiger partial charge is 0.195 e. The Morgan fingerprint density at radius 1 is 1.33 bits per heavy atom. The third-order valence-electron chi connectivity index (χ3n) is 2.76. The fourth-order valence-corrected chi connectivity index (χ4v) is 1.84. The number of aromatic nitrogens is 1. The lowest BCUT2D eigenvalue weighted by molar-refractivity contribution is 0.115. The zero-order valence-electron chi connectivity index (χ0n) is 10.7. The first-order valence-electron chi connectivity index (χ1n) is 6.02. The Hall–Kier alpha value is -1.65. The summed E-state index contributed by atoms with van der Waals surface area (Å²) >= 11 is 0. The van der Waals surface area contributed by atoms with E-state index < -0.39 is 0 Å². The Labute approximate surface area is 107 Å².